The number of anilines is 1. The second kappa shape index (κ2) is 15.6. The number of unbranched alkanes of at least 4 members (excludes halogenated alkanes) is 1. The summed E-state index contributed by atoms with van der Waals surface area (Å²) in [5.41, 5.74) is 3.39. The molecule has 1 amide bonds. The van der Waals surface area contributed by atoms with E-state index in [1.54, 1.807) is 24.9 Å². The maximum Gasteiger partial charge on any atom is 0.265 e. The van der Waals surface area contributed by atoms with Gasteiger partial charge >= 0.3 is 0 Å². The van der Waals surface area contributed by atoms with Crippen LogP contribution in [-0.2, 0) is 24.3 Å². The van der Waals surface area contributed by atoms with Crippen molar-refractivity contribution >= 4 is 33.4 Å². The normalized spacial score (nSPS) is 16.9. The Bertz CT molecular complexity index is 1340. The second-order valence-electron chi connectivity index (χ2n) is 10.3. The fourth-order valence-electron chi connectivity index (χ4n) is 4.77. The number of nitrogens with two attached hydrogens (primary N) is 1. The molecule has 4 rings (SSSR count). The highest BCUT2D eigenvalue weighted by atomic mass is 32.2. The lowest BCUT2D eigenvalue weighted by molar-refractivity contribution is -0.145. The van der Waals surface area contributed by atoms with E-state index >= 15 is 0 Å². The number of halogens is 2. The van der Waals surface area contributed by atoms with Crippen LogP contribution in [-0.4, -0.2) is 70.5 Å². The van der Waals surface area contributed by atoms with Gasteiger partial charge in [0.05, 0.1) is 22.3 Å². The number of thioether (sulfide) groups is 1. The van der Waals surface area contributed by atoms with Crippen molar-refractivity contribution in [3.05, 3.63) is 53.6 Å². The Kier molecular flexibility index (Phi) is 12.6. The van der Waals surface area contributed by atoms with Crippen molar-refractivity contribution in [1.29, 1.82) is 5.26 Å². The van der Waals surface area contributed by atoms with E-state index in [9.17, 15) is 22.0 Å². The van der Waals surface area contributed by atoms with Crippen molar-refractivity contribution in [3.63, 3.8) is 0 Å². The summed E-state index contributed by atoms with van der Waals surface area (Å²) >= 11 is 1.80. The average molecular weight is 625 g/mol. The molecule has 1 aliphatic carbocycles. The van der Waals surface area contributed by atoms with Gasteiger partial charge in [0.2, 0.25) is 0 Å². The molecule has 0 aromatic heterocycles. The van der Waals surface area contributed by atoms with Crippen LogP contribution in [0.15, 0.2) is 46.2 Å². The Hall–Kier alpha value is -2.76. The molecular formula is C29H38F2N4O5S2. The van der Waals surface area contributed by atoms with Gasteiger partial charge in [-0.1, -0.05) is 19.3 Å². The van der Waals surface area contributed by atoms with E-state index in [2.05, 4.69) is 4.90 Å². The highest BCUT2D eigenvalue weighted by Crippen LogP contribution is 2.32. The van der Waals surface area contributed by atoms with Gasteiger partial charge in [-0.05, 0) is 74.4 Å². The molecule has 1 saturated carbocycles. The van der Waals surface area contributed by atoms with Crippen LogP contribution in [0.4, 0.5) is 14.5 Å². The highest BCUT2D eigenvalue weighted by molar-refractivity contribution is 7.99. The highest BCUT2D eigenvalue weighted by Gasteiger charge is 2.41. The van der Waals surface area contributed by atoms with Crippen LogP contribution < -0.4 is 10.5 Å². The summed E-state index contributed by atoms with van der Waals surface area (Å²) in [5.74, 6) is -0.890. The van der Waals surface area contributed by atoms with Gasteiger partial charge in [0.15, 0.2) is 0 Å². The number of carbonyl (C=O) groups excluding carboxylic acids is 1. The van der Waals surface area contributed by atoms with Crippen LogP contribution in [0, 0.1) is 23.0 Å². The fourth-order valence-corrected chi connectivity index (χ4v) is 6.77. The largest absolute Gasteiger partial charge is 0.395 e. The zero-order valence-electron chi connectivity index (χ0n) is 23.9. The van der Waals surface area contributed by atoms with Crippen LogP contribution in [0.25, 0.3) is 0 Å². The molecule has 1 saturated heterocycles. The number of ether oxygens (including phenoxy) is 2. The van der Waals surface area contributed by atoms with E-state index in [1.165, 1.54) is 38.6 Å². The first-order chi connectivity index (χ1) is 20.0. The zero-order valence-corrected chi connectivity index (χ0v) is 25.5. The third-order valence-corrected chi connectivity index (χ3v) is 9.84. The molecule has 9 nitrogen and oxygen atoms in total. The topological polar surface area (TPSA) is 135 Å². The number of nitrogens with one attached hydrogen (secondary N) is 1. The first-order valence-corrected chi connectivity index (χ1v) is 16.3. The van der Waals surface area contributed by atoms with Crippen molar-refractivity contribution in [2.75, 3.05) is 45.3 Å². The van der Waals surface area contributed by atoms with Crippen molar-refractivity contribution < 1.29 is 31.5 Å². The van der Waals surface area contributed by atoms with Gasteiger partial charge in [-0.3, -0.25) is 9.69 Å². The van der Waals surface area contributed by atoms with Crippen molar-refractivity contribution in [2.24, 2.45) is 0 Å². The molecule has 2 fully saturated rings. The van der Waals surface area contributed by atoms with Gasteiger partial charge in [-0.15, -0.1) is 11.8 Å². The van der Waals surface area contributed by atoms with E-state index in [0.29, 0.717) is 25.0 Å². The molecule has 0 unspecified atom stereocenters. The van der Waals surface area contributed by atoms with Gasteiger partial charge in [-0.2, -0.15) is 5.26 Å². The predicted octanol–water partition coefficient (Wildman–Crippen LogP) is 4.46. The summed E-state index contributed by atoms with van der Waals surface area (Å²) in [6.07, 6.45) is 6.14. The average Bonchev–Trinajstić information content (AvgIpc) is 2.96. The third-order valence-electron chi connectivity index (χ3n) is 7.43. The number of rotatable bonds is 11. The van der Waals surface area contributed by atoms with Crippen molar-refractivity contribution in [2.45, 2.75) is 66.4 Å². The number of nitrogens with zero attached hydrogens (tertiary/aromatic N) is 2. The Labute approximate surface area is 250 Å². The molecular weight excluding hydrogens is 586 g/mol. The monoisotopic (exact) mass is 624 g/mol. The van der Waals surface area contributed by atoms with Crippen LogP contribution in [0.2, 0.25) is 0 Å². The summed E-state index contributed by atoms with van der Waals surface area (Å²) in [6, 6.07) is 9.95. The quantitative estimate of drug-likeness (QED) is 0.211. The van der Waals surface area contributed by atoms with Crippen molar-refractivity contribution in [3.8, 4) is 6.07 Å². The second-order valence-corrected chi connectivity index (χ2v) is 13.1. The molecule has 2 aromatic rings. The minimum atomic E-state index is -4.36. The molecule has 0 radical (unpaired) electrons. The summed E-state index contributed by atoms with van der Waals surface area (Å²) in [5, 5.41) is 8.90. The molecule has 42 heavy (non-hydrogen) atoms. The van der Waals surface area contributed by atoms with Gasteiger partial charge < -0.3 is 15.2 Å². The molecule has 1 aliphatic heterocycles. The van der Waals surface area contributed by atoms with Crippen LogP contribution in [0.5, 0.6) is 0 Å². The van der Waals surface area contributed by atoms with Gasteiger partial charge in [-0.25, -0.2) is 21.9 Å². The molecule has 230 valence electrons. The molecule has 0 bridgehead atoms. The zero-order chi connectivity index (χ0) is 30.8. The molecule has 2 aromatic carbocycles. The fraction of sp³-hybridized carbons (Fsp3) is 0.517. The van der Waals surface area contributed by atoms with Gasteiger partial charge in [0, 0.05) is 32.2 Å². The summed E-state index contributed by atoms with van der Waals surface area (Å²) in [7, 11) is -1.22. The van der Waals surface area contributed by atoms with Crippen LogP contribution >= 0.6 is 11.8 Å². The number of hydrogen-bond donors (Lipinski definition) is 2. The Morgan fingerprint density at radius 2 is 1.81 bits per heavy atom. The maximum absolute atomic E-state index is 13.7. The summed E-state index contributed by atoms with van der Waals surface area (Å²) in [4.78, 5) is 15.5. The maximum atomic E-state index is 13.7. The lowest BCUT2D eigenvalue weighted by Crippen LogP contribution is -2.51. The number of benzene rings is 2. The molecule has 0 atom stereocenters. The van der Waals surface area contributed by atoms with Crippen LogP contribution in [0.1, 0.15) is 50.5 Å². The van der Waals surface area contributed by atoms with Gasteiger partial charge in [0.1, 0.15) is 23.3 Å². The number of amides is 1. The summed E-state index contributed by atoms with van der Waals surface area (Å²) in [6.45, 7) is 3.34. The van der Waals surface area contributed by atoms with Gasteiger partial charge in [0.25, 0.3) is 15.9 Å². The van der Waals surface area contributed by atoms with Crippen LogP contribution in [0.3, 0.4) is 0 Å². The SMILES string of the molecule is COC1(C(=O)NS(=O)(=O)c2cc(F)c(N)c(C#N)c2)CCCCC1.COC1CN(CCCCSc2ccc(F)cc2)C1. The first kappa shape index (κ1) is 33.7. The smallest absolute Gasteiger partial charge is 0.265 e. The number of nitrogen functional groups attached to an aromatic ring is 1. The lowest BCUT2D eigenvalue weighted by Gasteiger charge is -2.38. The molecule has 13 heteroatoms. The minimum absolute atomic E-state index is 0.162. The van der Waals surface area contributed by atoms with Crippen molar-refractivity contribution in [1.82, 2.24) is 9.62 Å². The summed E-state index contributed by atoms with van der Waals surface area (Å²) < 4.78 is 63.6. The molecule has 0 spiro atoms. The predicted molar refractivity (Wildman–Crippen MR) is 157 cm³/mol. The van der Waals surface area contributed by atoms with E-state index in [4.69, 9.17) is 20.5 Å². The third kappa shape index (κ3) is 9.12. The number of sulfonamides is 1. The minimum Gasteiger partial charge on any atom is -0.395 e. The number of likely N-dealkylation sites (tertiary alicyclic amines) is 1. The van der Waals surface area contributed by atoms with E-state index in [-0.39, 0.29) is 11.4 Å². The Morgan fingerprint density at radius 3 is 2.40 bits per heavy atom. The van der Waals surface area contributed by atoms with E-state index in [1.807, 2.05) is 16.9 Å². The first-order valence-electron chi connectivity index (χ1n) is 13.8. The van der Waals surface area contributed by atoms with E-state index < -0.39 is 37.9 Å². The number of nitriles is 1. The standard InChI is InChI=1S/C15H18FN3O4S.C14H20FNOS/c1-23-15(5-3-2-4-6-15)14(20)19-24(21,22)11-7-10(9-17)13(18)12(16)8-11;1-17-13-10-16(11-13)8-2-3-9-18-14-6-4-12(15)5-7-14/h7-8H,2-6,18H2,1H3,(H,19,20);4-7,13H,2-3,8-11H2,1H3. The number of carbonyl (C=O) groups is 1. The van der Waals surface area contributed by atoms with E-state index in [0.717, 1.165) is 49.1 Å². The number of methoxy groups -OCH3 is 2. The Balaban J connectivity index is 0.000000240. The molecule has 3 N–H and O–H groups in total. The number of hydrogen-bond acceptors (Lipinski definition) is 9. The Morgan fingerprint density at radius 1 is 1.14 bits per heavy atom. The molecule has 2 aliphatic rings. The molecule has 1 heterocycles. The lowest BCUT2D eigenvalue weighted by atomic mass is 9.84.